The number of alkyl halides is 3. The molecule has 2 aromatic rings. The van der Waals surface area contributed by atoms with Crippen molar-refractivity contribution >= 4 is 29.1 Å². The van der Waals surface area contributed by atoms with Crippen molar-refractivity contribution < 1.29 is 8.78 Å². The minimum Gasteiger partial charge on any atom is -0.184 e. The molecule has 1 aliphatic rings. The van der Waals surface area contributed by atoms with Crippen molar-refractivity contribution in [3.63, 3.8) is 0 Å². The number of rotatable bonds is 2. The van der Waals surface area contributed by atoms with Crippen LogP contribution in [0.2, 0.25) is 0 Å². The number of fused-ring (bicyclic) bond motifs is 1. The number of hydrogen-bond donors (Lipinski definition) is 0. The van der Waals surface area contributed by atoms with E-state index >= 15 is 0 Å². The molecule has 0 fully saturated rings. The van der Waals surface area contributed by atoms with Crippen LogP contribution in [-0.4, -0.2) is 26.3 Å². The molecule has 19 heavy (non-hydrogen) atoms. The maximum absolute atomic E-state index is 13.2. The zero-order valence-corrected chi connectivity index (χ0v) is 11.0. The highest BCUT2D eigenvalue weighted by molar-refractivity contribution is 7.99. The standard InChI is InChI=1S/C11H7ClF2N4S/c12-11(13,14)9-15-16-10-18(9)17-8(6-19-10)7-4-2-1-3-5-7/h1-5H,6H2. The summed E-state index contributed by atoms with van der Waals surface area (Å²) in [5.74, 6) is -0.111. The largest absolute Gasteiger partial charge is 0.383 e. The van der Waals surface area contributed by atoms with Crippen LogP contribution >= 0.6 is 23.4 Å². The van der Waals surface area contributed by atoms with Gasteiger partial charge in [-0.15, -0.1) is 10.2 Å². The molecule has 1 aromatic heterocycles. The summed E-state index contributed by atoms with van der Waals surface area (Å²) in [6, 6.07) is 9.34. The number of thioether (sulfide) groups is 1. The van der Waals surface area contributed by atoms with Gasteiger partial charge in [0.2, 0.25) is 11.0 Å². The van der Waals surface area contributed by atoms with Gasteiger partial charge < -0.3 is 0 Å². The van der Waals surface area contributed by atoms with Gasteiger partial charge >= 0.3 is 5.38 Å². The van der Waals surface area contributed by atoms with Crippen molar-refractivity contribution in [2.75, 3.05) is 5.75 Å². The van der Waals surface area contributed by atoms with Crippen molar-refractivity contribution in [3.05, 3.63) is 41.7 Å². The van der Waals surface area contributed by atoms with E-state index in [0.29, 0.717) is 16.6 Å². The molecule has 3 rings (SSSR count). The van der Waals surface area contributed by atoms with Crippen LogP contribution < -0.4 is 0 Å². The van der Waals surface area contributed by atoms with Gasteiger partial charge in [-0.05, 0) is 17.2 Å². The van der Waals surface area contributed by atoms with Crippen LogP contribution in [0.15, 0.2) is 40.6 Å². The first-order valence-corrected chi connectivity index (χ1v) is 6.71. The molecule has 0 aliphatic carbocycles. The number of hydrogen-bond acceptors (Lipinski definition) is 4. The van der Waals surface area contributed by atoms with Crippen LogP contribution in [0.1, 0.15) is 11.4 Å². The third-order valence-corrected chi connectivity index (χ3v) is 3.63. The second-order valence-electron chi connectivity index (χ2n) is 3.82. The lowest BCUT2D eigenvalue weighted by Gasteiger charge is -2.14. The van der Waals surface area contributed by atoms with E-state index in [4.69, 9.17) is 11.6 Å². The molecular formula is C11H7ClF2N4S. The fourth-order valence-corrected chi connectivity index (χ4v) is 2.63. The van der Waals surface area contributed by atoms with Crippen molar-refractivity contribution in [2.24, 2.45) is 5.10 Å². The minimum absolute atomic E-state index is 0.315. The lowest BCUT2D eigenvalue weighted by atomic mass is 10.1. The summed E-state index contributed by atoms with van der Waals surface area (Å²) < 4.78 is 27.3. The molecule has 4 nitrogen and oxygen atoms in total. The highest BCUT2D eigenvalue weighted by Crippen LogP contribution is 2.34. The van der Waals surface area contributed by atoms with Gasteiger partial charge in [0, 0.05) is 5.75 Å². The number of aromatic nitrogens is 3. The molecule has 1 aliphatic heterocycles. The van der Waals surface area contributed by atoms with Crippen molar-refractivity contribution in [2.45, 2.75) is 10.5 Å². The highest BCUT2D eigenvalue weighted by atomic mass is 35.5. The topological polar surface area (TPSA) is 43.1 Å². The molecule has 8 heteroatoms. The molecule has 0 amide bonds. The third-order valence-electron chi connectivity index (χ3n) is 2.53. The van der Waals surface area contributed by atoms with Crippen LogP contribution in [0, 0.1) is 0 Å². The molecule has 0 saturated carbocycles. The van der Waals surface area contributed by atoms with E-state index in [1.807, 2.05) is 30.3 Å². The summed E-state index contributed by atoms with van der Waals surface area (Å²) in [4.78, 5) is 0. The zero-order valence-electron chi connectivity index (χ0n) is 9.42. The molecule has 1 aromatic carbocycles. The number of benzene rings is 1. The first-order chi connectivity index (χ1) is 9.05. The van der Waals surface area contributed by atoms with E-state index in [1.54, 1.807) is 0 Å². The van der Waals surface area contributed by atoms with E-state index in [2.05, 4.69) is 15.3 Å². The summed E-state index contributed by atoms with van der Waals surface area (Å²) in [7, 11) is 0. The molecule has 0 unspecified atom stereocenters. The Balaban J connectivity index is 2.07. The molecule has 0 spiro atoms. The van der Waals surface area contributed by atoms with Gasteiger partial charge in [0.25, 0.3) is 0 Å². The second-order valence-corrected chi connectivity index (χ2v) is 5.23. The Morgan fingerprint density at radius 1 is 1.21 bits per heavy atom. The van der Waals surface area contributed by atoms with E-state index in [1.165, 1.54) is 11.8 Å². The van der Waals surface area contributed by atoms with Crippen LogP contribution in [0.5, 0.6) is 0 Å². The normalized spacial score (nSPS) is 15.0. The third kappa shape index (κ3) is 2.35. The fraction of sp³-hybridized carbons (Fsp3) is 0.182. The summed E-state index contributed by atoms with van der Waals surface area (Å²) >= 11 is 6.29. The van der Waals surface area contributed by atoms with Gasteiger partial charge in [0.05, 0.1) is 5.71 Å². The number of halogens is 3. The van der Waals surface area contributed by atoms with E-state index in [0.717, 1.165) is 10.2 Å². The average molecular weight is 301 g/mol. The van der Waals surface area contributed by atoms with Gasteiger partial charge in [-0.2, -0.15) is 18.6 Å². The lowest BCUT2D eigenvalue weighted by Crippen LogP contribution is -2.18. The Bertz CT molecular complexity index is 636. The Labute approximate surface area is 116 Å². The Kier molecular flexibility index (Phi) is 3.02. The van der Waals surface area contributed by atoms with Gasteiger partial charge in [-0.25, -0.2) is 0 Å². The molecule has 0 radical (unpaired) electrons. The first-order valence-electron chi connectivity index (χ1n) is 5.34. The minimum atomic E-state index is -3.59. The molecule has 0 saturated heterocycles. The van der Waals surface area contributed by atoms with Gasteiger partial charge in [0.1, 0.15) is 0 Å². The van der Waals surface area contributed by atoms with Crippen molar-refractivity contribution in [1.29, 1.82) is 0 Å². The van der Waals surface area contributed by atoms with Crippen LogP contribution in [0.4, 0.5) is 8.78 Å². The first kappa shape index (κ1) is 12.6. The van der Waals surface area contributed by atoms with Gasteiger partial charge in [-0.3, -0.25) is 0 Å². The average Bonchev–Trinajstić information content (AvgIpc) is 2.82. The summed E-state index contributed by atoms with van der Waals surface area (Å²) in [6.45, 7) is 0. The maximum Gasteiger partial charge on any atom is 0.383 e. The Morgan fingerprint density at radius 3 is 2.63 bits per heavy atom. The smallest absolute Gasteiger partial charge is 0.184 e. The molecule has 0 N–H and O–H groups in total. The summed E-state index contributed by atoms with van der Waals surface area (Å²) in [6.07, 6.45) is 0. The maximum atomic E-state index is 13.2. The SMILES string of the molecule is FC(F)(Cl)c1nnc2n1N=C(c1ccccc1)CS2. The van der Waals surface area contributed by atoms with E-state index < -0.39 is 11.2 Å². The second kappa shape index (κ2) is 4.57. The fourth-order valence-electron chi connectivity index (χ4n) is 1.68. The quantitative estimate of drug-likeness (QED) is 0.801. The van der Waals surface area contributed by atoms with Gasteiger partial charge in [-0.1, -0.05) is 42.1 Å². The van der Waals surface area contributed by atoms with Crippen molar-refractivity contribution in [3.8, 4) is 0 Å². The zero-order chi connectivity index (χ0) is 13.5. The predicted molar refractivity (Wildman–Crippen MR) is 68.9 cm³/mol. The van der Waals surface area contributed by atoms with Gasteiger partial charge in [0.15, 0.2) is 0 Å². The Hall–Kier alpha value is -1.47. The van der Waals surface area contributed by atoms with Crippen LogP contribution in [0.3, 0.4) is 0 Å². The molecule has 0 atom stereocenters. The molecular weight excluding hydrogens is 294 g/mol. The van der Waals surface area contributed by atoms with E-state index in [-0.39, 0.29) is 0 Å². The predicted octanol–water partition coefficient (Wildman–Crippen LogP) is 2.92. The molecule has 0 bridgehead atoms. The summed E-state index contributed by atoms with van der Waals surface area (Å²) in [5.41, 5.74) is 1.55. The van der Waals surface area contributed by atoms with Crippen LogP contribution in [-0.2, 0) is 5.38 Å². The van der Waals surface area contributed by atoms with Crippen LogP contribution in [0.25, 0.3) is 0 Å². The highest BCUT2D eigenvalue weighted by Gasteiger charge is 2.37. The number of nitrogens with zero attached hydrogens (tertiary/aromatic N) is 4. The van der Waals surface area contributed by atoms with Crippen molar-refractivity contribution in [1.82, 2.24) is 14.9 Å². The van der Waals surface area contributed by atoms with E-state index in [9.17, 15) is 8.78 Å². The molecule has 98 valence electrons. The Morgan fingerprint density at radius 2 is 1.95 bits per heavy atom. The molecule has 2 heterocycles. The summed E-state index contributed by atoms with van der Waals surface area (Å²) in [5, 5.41) is 7.95. The monoisotopic (exact) mass is 300 g/mol. The lowest BCUT2D eigenvalue weighted by molar-refractivity contribution is 0.0799.